The van der Waals surface area contributed by atoms with E-state index >= 15 is 0 Å². The maximum Gasteiger partial charge on any atom is 0.251 e. The number of carbonyl (C=O) groups is 2. The average molecular weight is 389 g/mol. The first-order valence-electron chi connectivity index (χ1n) is 9.31. The second-order valence-electron chi connectivity index (χ2n) is 6.58. The zero-order chi connectivity index (χ0) is 19.8. The predicted octanol–water partition coefficient (Wildman–Crippen LogP) is 3.95. The highest BCUT2D eigenvalue weighted by Crippen LogP contribution is 2.16. The van der Waals surface area contributed by atoms with Crippen molar-refractivity contribution in [1.29, 1.82) is 0 Å². The maximum atomic E-state index is 13.0. The fourth-order valence-electron chi connectivity index (χ4n) is 2.74. The second-order valence-corrected chi connectivity index (χ2v) is 7.62. The molecule has 0 aliphatic rings. The zero-order valence-corrected chi connectivity index (χ0v) is 17.2. The van der Waals surface area contributed by atoms with Crippen LogP contribution in [0.3, 0.4) is 0 Å². The Morgan fingerprint density at radius 3 is 2.37 bits per heavy atom. The zero-order valence-electron chi connectivity index (χ0n) is 16.4. The molecule has 1 aromatic heterocycles. The topological polar surface area (TPSA) is 58.6 Å². The van der Waals surface area contributed by atoms with Crippen LogP contribution in [0.1, 0.15) is 42.9 Å². The lowest BCUT2D eigenvalue weighted by Gasteiger charge is -2.29. The number of nitrogens with zero attached hydrogens (tertiary/aromatic N) is 1. The summed E-state index contributed by atoms with van der Waals surface area (Å²) < 4.78 is 5.40. The van der Waals surface area contributed by atoms with Gasteiger partial charge in [0.05, 0.1) is 13.2 Å². The Labute approximate surface area is 165 Å². The van der Waals surface area contributed by atoms with Crippen LogP contribution in [0.5, 0.6) is 5.75 Å². The van der Waals surface area contributed by atoms with Crippen molar-refractivity contribution in [3.63, 3.8) is 0 Å². The minimum atomic E-state index is -0.566. The van der Waals surface area contributed by atoms with Crippen LogP contribution in [-0.4, -0.2) is 35.9 Å². The molecule has 1 aromatic carbocycles. The third-order valence-corrected chi connectivity index (χ3v) is 5.13. The van der Waals surface area contributed by atoms with Gasteiger partial charge in [0.2, 0.25) is 5.91 Å². The number of hydrogen-bond donors (Lipinski definition) is 1. The Morgan fingerprint density at radius 1 is 1.15 bits per heavy atom. The van der Waals surface area contributed by atoms with E-state index in [1.165, 1.54) is 0 Å². The summed E-state index contributed by atoms with van der Waals surface area (Å²) in [6.07, 6.45) is 0. The van der Waals surface area contributed by atoms with E-state index in [0.29, 0.717) is 25.3 Å². The predicted molar refractivity (Wildman–Crippen MR) is 109 cm³/mol. The van der Waals surface area contributed by atoms with Crippen LogP contribution in [0.25, 0.3) is 0 Å². The lowest BCUT2D eigenvalue weighted by atomic mass is 10.0. The van der Waals surface area contributed by atoms with Gasteiger partial charge in [-0.2, -0.15) is 0 Å². The van der Waals surface area contributed by atoms with Crippen LogP contribution in [-0.2, 0) is 11.3 Å². The van der Waals surface area contributed by atoms with E-state index in [1.807, 2.05) is 45.2 Å². The number of likely N-dealkylation sites (N-methyl/N-ethyl adjacent to an activating group) is 1. The number of thiophene rings is 1. The van der Waals surface area contributed by atoms with E-state index in [1.54, 1.807) is 40.5 Å². The molecule has 1 unspecified atom stereocenters. The number of amides is 2. The number of ether oxygens (including phenoxy) is 1. The summed E-state index contributed by atoms with van der Waals surface area (Å²) in [5, 5.41) is 4.91. The molecule has 0 spiro atoms. The Balaban J connectivity index is 2.08. The normalized spacial score (nSPS) is 11.9. The van der Waals surface area contributed by atoms with E-state index in [9.17, 15) is 9.59 Å². The van der Waals surface area contributed by atoms with Crippen LogP contribution in [0.2, 0.25) is 0 Å². The van der Waals surface area contributed by atoms with Crippen LogP contribution < -0.4 is 10.1 Å². The number of carbonyl (C=O) groups excluding carboxylic acids is 2. The largest absolute Gasteiger partial charge is 0.494 e. The number of hydrogen-bond acceptors (Lipinski definition) is 4. The summed E-state index contributed by atoms with van der Waals surface area (Å²) in [6.45, 7) is 9.49. The fourth-order valence-corrected chi connectivity index (χ4v) is 3.46. The molecule has 0 saturated carbocycles. The molecule has 1 N–H and O–H groups in total. The summed E-state index contributed by atoms with van der Waals surface area (Å²) in [6, 6.07) is 10.4. The monoisotopic (exact) mass is 388 g/mol. The van der Waals surface area contributed by atoms with Crippen LogP contribution in [0, 0.1) is 5.92 Å². The smallest absolute Gasteiger partial charge is 0.251 e. The molecule has 0 fully saturated rings. The number of nitrogens with one attached hydrogen (secondary N) is 1. The first-order valence-corrected chi connectivity index (χ1v) is 10.2. The summed E-state index contributed by atoms with van der Waals surface area (Å²) >= 11 is 1.63. The van der Waals surface area contributed by atoms with Gasteiger partial charge in [0, 0.05) is 17.0 Å². The van der Waals surface area contributed by atoms with E-state index in [-0.39, 0.29) is 17.7 Å². The first kappa shape index (κ1) is 21.0. The minimum Gasteiger partial charge on any atom is -0.494 e. The van der Waals surface area contributed by atoms with Crippen LogP contribution in [0.15, 0.2) is 41.8 Å². The van der Waals surface area contributed by atoms with Gasteiger partial charge in [-0.25, -0.2) is 0 Å². The maximum absolute atomic E-state index is 13.0. The number of benzene rings is 1. The van der Waals surface area contributed by atoms with Crippen molar-refractivity contribution in [2.24, 2.45) is 5.92 Å². The van der Waals surface area contributed by atoms with Gasteiger partial charge in [-0.05, 0) is 55.5 Å². The summed E-state index contributed by atoms with van der Waals surface area (Å²) in [5.74, 6) is 0.401. The van der Waals surface area contributed by atoms with Gasteiger partial charge in [0.1, 0.15) is 11.8 Å². The van der Waals surface area contributed by atoms with Gasteiger partial charge in [0.25, 0.3) is 5.91 Å². The van der Waals surface area contributed by atoms with Crippen molar-refractivity contribution in [3.05, 3.63) is 52.2 Å². The molecular formula is C21H28N2O3S. The van der Waals surface area contributed by atoms with Gasteiger partial charge in [-0.3, -0.25) is 9.59 Å². The van der Waals surface area contributed by atoms with Crippen molar-refractivity contribution < 1.29 is 14.3 Å². The quantitative estimate of drug-likeness (QED) is 0.708. The lowest BCUT2D eigenvalue weighted by Crippen LogP contribution is -2.51. The molecule has 0 radical (unpaired) electrons. The summed E-state index contributed by atoms with van der Waals surface area (Å²) in [5.41, 5.74) is 0.512. The van der Waals surface area contributed by atoms with Crippen LogP contribution in [0.4, 0.5) is 0 Å². The van der Waals surface area contributed by atoms with E-state index in [0.717, 1.165) is 10.6 Å². The molecule has 146 valence electrons. The molecule has 2 amide bonds. The average Bonchev–Trinajstić information content (AvgIpc) is 3.17. The van der Waals surface area contributed by atoms with Gasteiger partial charge in [-0.15, -0.1) is 11.3 Å². The third kappa shape index (κ3) is 5.82. The Hall–Kier alpha value is -2.34. The summed E-state index contributed by atoms with van der Waals surface area (Å²) in [7, 11) is 0. The molecule has 6 heteroatoms. The molecule has 2 aromatic rings. The van der Waals surface area contributed by atoms with E-state index in [4.69, 9.17) is 4.74 Å². The second kappa shape index (κ2) is 10.1. The Kier molecular flexibility index (Phi) is 7.85. The van der Waals surface area contributed by atoms with Gasteiger partial charge in [0.15, 0.2) is 0 Å². The highest BCUT2D eigenvalue weighted by Gasteiger charge is 2.28. The molecule has 5 nitrogen and oxygen atoms in total. The van der Waals surface area contributed by atoms with Crippen LogP contribution >= 0.6 is 11.3 Å². The molecule has 2 rings (SSSR count). The lowest BCUT2D eigenvalue weighted by molar-refractivity contribution is -0.134. The molecule has 0 aliphatic carbocycles. The highest BCUT2D eigenvalue weighted by atomic mass is 32.1. The molecule has 27 heavy (non-hydrogen) atoms. The van der Waals surface area contributed by atoms with Gasteiger partial charge in [-0.1, -0.05) is 19.9 Å². The molecule has 0 bridgehead atoms. The van der Waals surface area contributed by atoms with E-state index in [2.05, 4.69) is 5.32 Å². The molecule has 1 atom stereocenters. The van der Waals surface area contributed by atoms with Gasteiger partial charge < -0.3 is 15.0 Å². The Morgan fingerprint density at radius 2 is 1.85 bits per heavy atom. The van der Waals surface area contributed by atoms with Crippen molar-refractivity contribution in [2.75, 3.05) is 13.2 Å². The Bertz CT molecular complexity index is 726. The summed E-state index contributed by atoms with van der Waals surface area (Å²) in [4.78, 5) is 28.6. The van der Waals surface area contributed by atoms with Crippen molar-refractivity contribution in [2.45, 2.75) is 40.3 Å². The third-order valence-electron chi connectivity index (χ3n) is 4.27. The van der Waals surface area contributed by atoms with Crippen molar-refractivity contribution in [3.8, 4) is 5.75 Å². The minimum absolute atomic E-state index is 0.0125. The fraction of sp³-hybridized carbons (Fsp3) is 0.429. The molecule has 0 aliphatic heterocycles. The highest BCUT2D eigenvalue weighted by molar-refractivity contribution is 7.09. The van der Waals surface area contributed by atoms with Crippen molar-refractivity contribution >= 4 is 23.2 Å². The molecular weight excluding hydrogens is 360 g/mol. The first-order chi connectivity index (χ1) is 13.0. The van der Waals surface area contributed by atoms with Crippen molar-refractivity contribution in [1.82, 2.24) is 10.2 Å². The SMILES string of the molecule is CCOc1ccc(C(=O)NC(C(=O)N(CC)Cc2cccs2)C(C)C)cc1. The molecule has 0 saturated heterocycles. The van der Waals surface area contributed by atoms with Gasteiger partial charge >= 0.3 is 0 Å². The number of rotatable bonds is 9. The van der Waals surface area contributed by atoms with E-state index < -0.39 is 6.04 Å². The standard InChI is InChI=1S/C21H28N2O3S/c1-5-23(14-18-8-7-13-27-18)21(25)19(15(3)4)22-20(24)16-9-11-17(12-10-16)26-6-2/h7-13,15,19H,5-6,14H2,1-4H3,(H,22,24). The molecule has 1 heterocycles.